The molecule has 0 radical (unpaired) electrons. The van der Waals surface area contributed by atoms with Crippen LogP contribution in [0.15, 0.2) is 59.5 Å². The Morgan fingerprint density at radius 3 is 2.59 bits per heavy atom. The highest BCUT2D eigenvalue weighted by molar-refractivity contribution is 5.78. The largest absolute Gasteiger partial charge is 0.457 e. The lowest BCUT2D eigenvalue weighted by molar-refractivity contribution is -0.145. The highest BCUT2D eigenvalue weighted by Crippen LogP contribution is 2.23. The van der Waals surface area contributed by atoms with Crippen LogP contribution < -0.4 is 5.43 Å². The number of rotatable bonds is 6. The van der Waals surface area contributed by atoms with E-state index in [-0.39, 0.29) is 36.3 Å². The maximum Gasteiger partial charge on any atom is 0.320 e. The molecule has 0 bridgehead atoms. The van der Waals surface area contributed by atoms with Crippen LogP contribution >= 0.6 is 0 Å². The predicted molar refractivity (Wildman–Crippen MR) is 101 cm³/mol. The molecule has 0 N–H and O–H groups in total. The molecule has 0 saturated carbocycles. The normalized spacial score (nSPS) is 11.4. The van der Waals surface area contributed by atoms with Crippen LogP contribution in [0.1, 0.15) is 18.8 Å². The van der Waals surface area contributed by atoms with Crippen molar-refractivity contribution >= 4 is 27.9 Å². The average Bonchev–Trinajstić information content (AvgIpc) is 3.10. The van der Waals surface area contributed by atoms with Crippen molar-refractivity contribution in [3.63, 3.8) is 0 Å². The summed E-state index contributed by atoms with van der Waals surface area (Å²) in [5.41, 5.74) is 1.08. The van der Waals surface area contributed by atoms with E-state index >= 15 is 0 Å². The second kappa shape index (κ2) is 7.78. The maximum atomic E-state index is 13.4. The number of benzene rings is 2. The van der Waals surface area contributed by atoms with Crippen LogP contribution in [0.2, 0.25) is 0 Å². The first-order valence-corrected chi connectivity index (χ1v) is 8.89. The first kappa shape index (κ1) is 18.7. The maximum absolute atomic E-state index is 13.4. The van der Waals surface area contributed by atoms with Crippen molar-refractivity contribution in [2.75, 3.05) is 0 Å². The van der Waals surface area contributed by atoms with Gasteiger partial charge in [0.25, 0.3) is 0 Å². The van der Waals surface area contributed by atoms with Crippen molar-refractivity contribution in [1.29, 1.82) is 0 Å². The number of esters is 1. The molecule has 0 atom stereocenters. The summed E-state index contributed by atoms with van der Waals surface area (Å²) in [6, 6.07) is 13.4. The van der Waals surface area contributed by atoms with E-state index in [1.54, 1.807) is 42.5 Å². The Kier molecular flexibility index (Phi) is 5.03. The van der Waals surface area contributed by atoms with Crippen molar-refractivity contribution in [3.05, 3.63) is 70.8 Å². The van der Waals surface area contributed by atoms with Gasteiger partial charge < -0.3 is 4.74 Å². The Bertz CT molecular complexity index is 1250. The standard InChI is InChI=1S/C20H16F2N4O3/c21-20(22)26-16-8-4-2-6-14(16)24-18(26)12-29-19(28)9-10-25-15-7-3-1-5-13(15)17(27)11-23-25/h1-8,11,20H,9-10,12H2. The van der Waals surface area contributed by atoms with E-state index < -0.39 is 12.5 Å². The summed E-state index contributed by atoms with van der Waals surface area (Å²) >= 11 is 0. The number of hydrogen-bond acceptors (Lipinski definition) is 5. The first-order valence-electron chi connectivity index (χ1n) is 8.89. The Balaban J connectivity index is 1.45. The van der Waals surface area contributed by atoms with Gasteiger partial charge in [0.15, 0.2) is 5.82 Å². The van der Waals surface area contributed by atoms with Gasteiger partial charge in [0.2, 0.25) is 5.43 Å². The molecule has 148 valence electrons. The van der Waals surface area contributed by atoms with Crippen LogP contribution in [-0.4, -0.2) is 25.3 Å². The third-order valence-electron chi connectivity index (χ3n) is 4.52. The Morgan fingerprint density at radius 1 is 1.07 bits per heavy atom. The van der Waals surface area contributed by atoms with E-state index in [0.717, 1.165) is 4.57 Å². The van der Waals surface area contributed by atoms with Gasteiger partial charge in [-0.15, -0.1) is 0 Å². The zero-order chi connectivity index (χ0) is 20.4. The highest BCUT2D eigenvalue weighted by Gasteiger charge is 2.18. The van der Waals surface area contributed by atoms with Gasteiger partial charge in [-0.25, -0.2) is 4.98 Å². The molecule has 0 aliphatic rings. The molecular weight excluding hydrogens is 382 g/mol. The topological polar surface area (TPSA) is 79.0 Å². The molecule has 2 heterocycles. The van der Waals surface area contributed by atoms with E-state index in [2.05, 4.69) is 10.1 Å². The van der Waals surface area contributed by atoms with Crippen molar-refractivity contribution in [2.45, 2.75) is 26.1 Å². The van der Waals surface area contributed by atoms with E-state index in [4.69, 9.17) is 4.74 Å². The Morgan fingerprint density at radius 2 is 1.79 bits per heavy atom. The molecule has 0 amide bonds. The van der Waals surface area contributed by atoms with Crippen LogP contribution in [-0.2, 0) is 22.7 Å². The molecule has 0 aliphatic heterocycles. The number of fused-ring (bicyclic) bond motifs is 2. The summed E-state index contributed by atoms with van der Waals surface area (Å²) in [4.78, 5) is 28.1. The van der Waals surface area contributed by atoms with E-state index in [1.165, 1.54) is 16.9 Å². The van der Waals surface area contributed by atoms with Crippen LogP contribution in [0.4, 0.5) is 8.78 Å². The van der Waals surface area contributed by atoms with Crippen molar-refractivity contribution in [1.82, 2.24) is 19.3 Å². The van der Waals surface area contributed by atoms with Crippen molar-refractivity contribution < 1.29 is 18.3 Å². The summed E-state index contributed by atoms with van der Waals surface area (Å²) in [6.45, 7) is -2.98. The lowest BCUT2D eigenvalue weighted by atomic mass is 10.2. The fraction of sp³-hybridized carbons (Fsp3) is 0.200. The van der Waals surface area contributed by atoms with Gasteiger partial charge in [-0.3, -0.25) is 18.8 Å². The molecule has 7 nitrogen and oxygen atoms in total. The fourth-order valence-corrected chi connectivity index (χ4v) is 3.17. The summed E-state index contributed by atoms with van der Waals surface area (Å²) < 4.78 is 34.3. The minimum atomic E-state index is -2.80. The minimum absolute atomic E-state index is 0.0264. The second-order valence-electron chi connectivity index (χ2n) is 6.32. The first-order chi connectivity index (χ1) is 14.0. The number of para-hydroxylation sites is 3. The molecule has 29 heavy (non-hydrogen) atoms. The SMILES string of the molecule is O=C(CCn1ncc(=O)c2ccccc21)OCc1nc2ccccc2n1C(F)F. The van der Waals surface area contributed by atoms with Gasteiger partial charge in [-0.05, 0) is 24.3 Å². The van der Waals surface area contributed by atoms with Crippen LogP contribution in [0.25, 0.3) is 21.9 Å². The minimum Gasteiger partial charge on any atom is -0.457 e. The van der Waals surface area contributed by atoms with Crippen LogP contribution in [0, 0.1) is 0 Å². The summed E-state index contributed by atoms with van der Waals surface area (Å²) in [5.74, 6) is -0.607. The van der Waals surface area contributed by atoms with E-state index in [1.807, 2.05) is 0 Å². The smallest absolute Gasteiger partial charge is 0.320 e. The van der Waals surface area contributed by atoms with Gasteiger partial charge in [0.1, 0.15) is 6.61 Å². The van der Waals surface area contributed by atoms with Crippen molar-refractivity contribution in [2.24, 2.45) is 0 Å². The van der Waals surface area contributed by atoms with Gasteiger partial charge in [0, 0.05) is 5.39 Å². The van der Waals surface area contributed by atoms with Gasteiger partial charge in [0.05, 0.1) is 35.7 Å². The number of alkyl halides is 2. The zero-order valence-electron chi connectivity index (χ0n) is 15.2. The molecule has 4 rings (SSSR count). The molecule has 0 unspecified atom stereocenters. The summed E-state index contributed by atoms with van der Waals surface area (Å²) in [6.07, 6.45) is 1.16. The van der Waals surface area contributed by atoms with Crippen LogP contribution in [0.3, 0.4) is 0 Å². The molecule has 0 saturated heterocycles. The Labute approximate surface area is 163 Å². The average molecular weight is 398 g/mol. The highest BCUT2D eigenvalue weighted by atomic mass is 19.3. The fourth-order valence-electron chi connectivity index (χ4n) is 3.17. The molecule has 2 aromatic carbocycles. The predicted octanol–water partition coefficient (Wildman–Crippen LogP) is 3.27. The number of carbonyl (C=O) groups excluding carboxylic acids is 1. The second-order valence-corrected chi connectivity index (χ2v) is 6.32. The van der Waals surface area contributed by atoms with E-state index in [0.29, 0.717) is 16.4 Å². The third kappa shape index (κ3) is 3.71. The van der Waals surface area contributed by atoms with Crippen molar-refractivity contribution in [3.8, 4) is 0 Å². The van der Waals surface area contributed by atoms with Gasteiger partial charge in [-0.1, -0.05) is 24.3 Å². The number of halogens is 2. The molecule has 2 aromatic heterocycles. The monoisotopic (exact) mass is 398 g/mol. The number of imidazole rings is 1. The molecular formula is C20H16F2N4O3. The van der Waals surface area contributed by atoms with E-state index in [9.17, 15) is 18.4 Å². The molecule has 9 heteroatoms. The number of carbonyl (C=O) groups is 1. The Hall–Kier alpha value is -3.62. The quantitative estimate of drug-likeness (QED) is 0.466. The zero-order valence-corrected chi connectivity index (χ0v) is 15.2. The lowest BCUT2D eigenvalue weighted by Crippen LogP contribution is -2.16. The molecule has 0 aliphatic carbocycles. The molecule has 4 aromatic rings. The number of hydrogen-bond donors (Lipinski definition) is 0. The van der Waals surface area contributed by atoms with Crippen LogP contribution in [0.5, 0.6) is 0 Å². The number of nitrogens with zero attached hydrogens (tertiary/aromatic N) is 4. The van der Waals surface area contributed by atoms with Gasteiger partial charge in [-0.2, -0.15) is 13.9 Å². The number of aromatic nitrogens is 4. The number of ether oxygens (including phenoxy) is 1. The molecule has 0 fully saturated rings. The summed E-state index contributed by atoms with van der Waals surface area (Å²) in [7, 11) is 0. The van der Waals surface area contributed by atoms with Gasteiger partial charge >= 0.3 is 12.5 Å². The summed E-state index contributed by atoms with van der Waals surface area (Å²) in [5, 5.41) is 4.54. The third-order valence-corrected chi connectivity index (χ3v) is 4.52. The lowest BCUT2D eigenvalue weighted by Gasteiger charge is -2.10. The number of aryl methyl sites for hydroxylation is 1. The molecule has 0 spiro atoms.